The Morgan fingerprint density at radius 1 is 0.655 bits per heavy atom. The highest BCUT2D eigenvalue weighted by molar-refractivity contribution is 6.28. The van der Waals surface area contributed by atoms with Crippen molar-refractivity contribution in [2.24, 2.45) is 0 Å². The van der Waals surface area contributed by atoms with Crippen molar-refractivity contribution in [3.8, 4) is 33.9 Å². The quantitative estimate of drug-likeness (QED) is 0.337. The van der Waals surface area contributed by atoms with Crippen molar-refractivity contribution >= 4 is 22.4 Å². The van der Waals surface area contributed by atoms with Crippen LogP contribution in [0.4, 0.5) is 0 Å². The highest BCUT2D eigenvalue weighted by Crippen LogP contribution is 2.31. The fourth-order valence-corrected chi connectivity index (χ4v) is 3.13. The second-order valence-corrected chi connectivity index (χ2v) is 6.33. The Bertz CT molecular complexity index is 1790. The molecule has 0 aliphatic heterocycles. The molecule has 5 rings (SSSR count). The number of rotatable bonds is 3. The molecule has 0 saturated heterocycles. The topological polar surface area (TPSA) is 38.7 Å². The molecule has 4 heteroatoms. The maximum atomic E-state index is 8.28. The Labute approximate surface area is 187 Å². The Balaban J connectivity index is 1.70. The van der Waals surface area contributed by atoms with Crippen LogP contribution in [0.25, 0.3) is 44.7 Å². The summed E-state index contributed by atoms with van der Waals surface area (Å²) in [6, 6.07) is 5.68. The SMILES string of the molecule is [2H]c1c([2H])c([2H])c(-c2ccc3c(-c4nc(Cl)nc(-c5c([2H])c([2H])c([2H])c([2H])c5[2H])n4)cccc3c2)c([2H])c1[2H]. The normalized spacial score (nSPS) is 15.8. The lowest BCUT2D eigenvalue weighted by molar-refractivity contribution is 1.07. The van der Waals surface area contributed by atoms with Crippen LogP contribution in [0.1, 0.15) is 13.7 Å². The first kappa shape index (κ1) is 9.77. The molecule has 5 aromatic rings. The van der Waals surface area contributed by atoms with E-state index in [9.17, 15) is 0 Å². The number of fused-ring (bicyclic) bond motifs is 1. The van der Waals surface area contributed by atoms with Gasteiger partial charge in [-0.15, -0.1) is 0 Å². The summed E-state index contributed by atoms with van der Waals surface area (Å²) in [5.74, 6) is -0.0901. The van der Waals surface area contributed by atoms with E-state index in [0.717, 1.165) is 0 Å². The van der Waals surface area contributed by atoms with Gasteiger partial charge < -0.3 is 0 Å². The standard InChI is InChI=1S/C25H16ClN3/c26-25-28-23(18-10-5-2-6-11-18)27-24(29-25)22-13-7-12-20-16-19(14-15-21(20)22)17-8-3-1-4-9-17/h1-16H/i1D,2D,3D,4D,5D,6D,8D,9D,10D,11D. The van der Waals surface area contributed by atoms with Gasteiger partial charge in [0.05, 0.1) is 13.7 Å². The molecule has 0 spiro atoms. The van der Waals surface area contributed by atoms with Crippen LogP contribution in [0.5, 0.6) is 0 Å². The second kappa shape index (κ2) is 7.46. The van der Waals surface area contributed by atoms with E-state index in [1.54, 1.807) is 36.4 Å². The maximum Gasteiger partial charge on any atom is 0.226 e. The van der Waals surface area contributed by atoms with Crippen molar-refractivity contribution in [1.29, 1.82) is 0 Å². The molecule has 0 radical (unpaired) electrons. The number of benzene rings is 4. The Hall–Kier alpha value is -3.56. The summed E-state index contributed by atoms with van der Waals surface area (Å²) in [7, 11) is 0. The minimum atomic E-state index is -0.543. The van der Waals surface area contributed by atoms with Gasteiger partial charge in [-0.1, -0.05) is 90.8 Å². The molecular weight excluding hydrogens is 378 g/mol. The Morgan fingerprint density at radius 2 is 1.34 bits per heavy atom. The molecule has 0 aliphatic carbocycles. The molecule has 3 nitrogen and oxygen atoms in total. The van der Waals surface area contributed by atoms with Crippen molar-refractivity contribution in [2.75, 3.05) is 0 Å². The third-order valence-corrected chi connectivity index (χ3v) is 4.41. The minimum absolute atomic E-state index is 0.0694. The molecule has 0 aliphatic rings. The van der Waals surface area contributed by atoms with Crippen LogP contribution in [0.2, 0.25) is 5.28 Å². The van der Waals surface area contributed by atoms with Crippen LogP contribution < -0.4 is 0 Å². The molecule has 29 heavy (non-hydrogen) atoms. The average Bonchev–Trinajstić information content (AvgIpc) is 2.92. The van der Waals surface area contributed by atoms with Crippen molar-refractivity contribution < 1.29 is 13.7 Å². The van der Waals surface area contributed by atoms with Crippen molar-refractivity contribution in [3.05, 3.63) is 102 Å². The Morgan fingerprint density at radius 3 is 2.10 bits per heavy atom. The summed E-state index contributed by atoms with van der Waals surface area (Å²) in [5.41, 5.74) is 0.776. The Kier molecular flexibility index (Phi) is 2.51. The van der Waals surface area contributed by atoms with Gasteiger partial charge in [0.1, 0.15) is 0 Å². The van der Waals surface area contributed by atoms with Crippen LogP contribution in [-0.4, -0.2) is 15.0 Å². The zero-order valence-electron chi connectivity index (χ0n) is 24.7. The van der Waals surface area contributed by atoms with E-state index < -0.39 is 48.3 Å². The van der Waals surface area contributed by atoms with Crippen LogP contribution in [0.15, 0.2) is 96.8 Å². The molecule has 0 bridgehead atoms. The van der Waals surface area contributed by atoms with Crippen LogP contribution in [-0.2, 0) is 0 Å². The highest BCUT2D eigenvalue weighted by atomic mass is 35.5. The third-order valence-electron chi connectivity index (χ3n) is 4.24. The third kappa shape index (κ3) is 3.48. The number of hydrogen-bond acceptors (Lipinski definition) is 3. The molecule has 0 atom stereocenters. The summed E-state index contributed by atoms with van der Waals surface area (Å²) < 4.78 is 80.6. The van der Waals surface area contributed by atoms with Gasteiger partial charge in [0, 0.05) is 11.1 Å². The summed E-state index contributed by atoms with van der Waals surface area (Å²) in [6.45, 7) is 0. The largest absolute Gasteiger partial charge is 0.226 e. The van der Waals surface area contributed by atoms with E-state index in [4.69, 9.17) is 25.3 Å². The first-order valence-electron chi connectivity index (χ1n) is 13.5. The van der Waals surface area contributed by atoms with Crippen molar-refractivity contribution in [2.45, 2.75) is 0 Å². The van der Waals surface area contributed by atoms with Gasteiger partial charge in [0.25, 0.3) is 0 Å². The molecule has 1 heterocycles. The smallest absolute Gasteiger partial charge is 0.208 e. The van der Waals surface area contributed by atoms with Gasteiger partial charge in [0.2, 0.25) is 5.28 Å². The van der Waals surface area contributed by atoms with Crippen LogP contribution in [0, 0.1) is 0 Å². The molecular formula is C25H16ClN3. The average molecular weight is 404 g/mol. The monoisotopic (exact) mass is 403 g/mol. The molecule has 0 N–H and O–H groups in total. The second-order valence-electron chi connectivity index (χ2n) is 5.99. The van der Waals surface area contributed by atoms with Gasteiger partial charge >= 0.3 is 0 Å². The molecule has 0 fully saturated rings. The van der Waals surface area contributed by atoms with Crippen LogP contribution >= 0.6 is 11.6 Å². The van der Waals surface area contributed by atoms with Gasteiger partial charge in [-0.25, -0.2) is 4.98 Å². The van der Waals surface area contributed by atoms with E-state index in [2.05, 4.69) is 15.0 Å². The molecule has 138 valence electrons. The van der Waals surface area contributed by atoms with E-state index >= 15 is 0 Å². The molecule has 1 aromatic heterocycles. The first-order valence-corrected chi connectivity index (χ1v) is 8.89. The number of aromatic nitrogens is 3. The lowest BCUT2D eigenvalue weighted by Crippen LogP contribution is -1.97. The molecule has 0 unspecified atom stereocenters. The summed E-state index contributed by atoms with van der Waals surface area (Å²) in [5, 5.41) is 1.05. The van der Waals surface area contributed by atoms with E-state index in [1.807, 2.05) is 0 Å². The predicted octanol–water partition coefficient (Wildman–Crippen LogP) is 6.68. The van der Waals surface area contributed by atoms with E-state index in [1.165, 1.54) is 0 Å². The number of nitrogens with zero attached hydrogens (tertiary/aromatic N) is 3. The predicted molar refractivity (Wildman–Crippen MR) is 119 cm³/mol. The van der Waals surface area contributed by atoms with Crippen molar-refractivity contribution in [1.82, 2.24) is 15.0 Å². The molecule has 4 aromatic carbocycles. The van der Waals surface area contributed by atoms with Gasteiger partial charge in [-0.3, -0.25) is 0 Å². The summed E-state index contributed by atoms with van der Waals surface area (Å²) in [4.78, 5) is 12.6. The summed E-state index contributed by atoms with van der Waals surface area (Å²) >= 11 is 6.19. The maximum absolute atomic E-state index is 8.28. The molecule has 0 saturated carbocycles. The lowest BCUT2D eigenvalue weighted by atomic mass is 9.98. The lowest BCUT2D eigenvalue weighted by Gasteiger charge is -2.09. The van der Waals surface area contributed by atoms with Crippen LogP contribution in [0.3, 0.4) is 0 Å². The van der Waals surface area contributed by atoms with Gasteiger partial charge in [-0.05, 0) is 39.6 Å². The number of hydrogen-bond donors (Lipinski definition) is 0. The van der Waals surface area contributed by atoms with Gasteiger partial charge in [0.15, 0.2) is 11.6 Å². The first-order chi connectivity index (χ1) is 18.4. The minimum Gasteiger partial charge on any atom is -0.208 e. The fraction of sp³-hybridized carbons (Fsp3) is 0. The summed E-state index contributed by atoms with van der Waals surface area (Å²) in [6.07, 6.45) is 0. The zero-order valence-corrected chi connectivity index (χ0v) is 15.4. The zero-order chi connectivity index (χ0) is 28.3. The number of halogens is 1. The fourth-order valence-electron chi connectivity index (χ4n) is 2.97. The van der Waals surface area contributed by atoms with E-state index in [0.29, 0.717) is 21.9 Å². The van der Waals surface area contributed by atoms with Gasteiger partial charge in [-0.2, -0.15) is 9.97 Å². The van der Waals surface area contributed by atoms with E-state index in [-0.39, 0.29) is 40.1 Å². The van der Waals surface area contributed by atoms with Crippen molar-refractivity contribution in [3.63, 3.8) is 0 Å². The molecule has 0 amide bonds. The highest BCUT2D eigenvalue weighted by Gasteiger charge is 2.12.